The lowest BCUT2D eigenvalue weighted by Gasteiger charge is -2.27. The van der Waals surface area contributed by atoms with Gasteiger partial charge in [-0.05, 0) is 18.2 Å². The number of carbonyl (C=O) groups is 1. The van der Waals surface area contributed by atoms with Crippen LogP contribution < -0.4 is 4.74 Å². The highest BCUT2D eigenvalue weighted by atomic mass is 35.5. The Hall–Kier alpha value is -2.18. The maximum atomic E-state index is 10.9. The van der Waals surface area contributed by atoms with Gasteiger partial charge in [-0.3, -0.25) is 14.9 Å². The molecule has 0 spiro atoms. The zero-order valence-corrected chi connectivity index (χ0v) is 13.2. The summed E-state index contributed by atoms with van der Waals surface area (Å²) >= 11 is 6.04. The molecule has 3 rings (SSSR count). The normalized spacial score (nSPS) is 14.3. The summed E-state index contributed by atoms with van der Waals surface area (Å²) in [6.07, 6.45) is 4.32. The summed E-state index contributed by atoms with van der Waals surface area (Å²) in [5.74, 6) is -0.514. The number of ether oxygens (including phenoxy) is 1. The molecule has 0 bridgehead atoms. The van der Waals surface area contributed by atoms with Crippen LogP contribution in [0.15, 0.2) is 30.6 Å². The van der Waals surface area contributed by atoms with E-state index in [1.165, 1.54) is 12.1 Å². The van der Waals surface area contributed by atoms with E-state index in [4.69, 9.17) is 21.4 Å². The first-order valence-corrected chi connectivity index (χ1v) is 7.68. The quantitative estimate of drug-likeness (QED) is 0.904. The van der Waals surface area contributed by atoms with E-state index in [2.05, 4.69) is 14.9 Å². The molecule has 7 heteroatoms. The molecular weight excluding hydrogens is 318 g/mol. The first kappa shape index (κ1) is 15.7. The molecule has 0 radical (unpaired) electrons. The largest absolute Gasteiger partial charge is 0.491 e. The van der Waals surface area contributed by atoms with E-state index < -0.39 is 5.97 Å². The van der Waals surface area contributed by atoms with Gasteiger partial charge in [-0.2, -0.15) is 0 Å². The molecule has 0 saturated heterocycles. The first-order chi connectivity index (χ1) is 11.1. The summed E-state index contributed by atoms with van der Waals surface area (Å²) in [7, 11) is 0. The van der Waals surface area contributed by atoms with Crippen molar-refractivity contribution < 1.29 is 14.6 Å². The predicted molar refractivity (Wildman–Crippen MR) is 84.9 cm³/mol. The van der Waals surface area contributed by atoms with Gasteiger partial charge >= 0.3 is 5.97 Å². The minimum atomic E-state index is -1.01. The lowest BCUT2D eigenvalue weighted by atomic mass is 10.1. The molecule has 2 aromatic rings. The van der Waals surface area contributed by atoms with Crippen LogP contribution >= 0.6 is 11.6 Å². The van der Waals surface area contributed by atoms with Crippen molar-refractivity contribution >= 4 is 17.6 Å². The van der Waals surface area contributed by atoms with Crippen LogP contribution in [0.5, 0.6) is 5.75 Å². The van der Waals surface area contributed by atoms with E-state index in [-0.39, 0.29) is 5.56 Å². The number of carboxylic acids is 1. The lowest BCUT2D eigenvalue weighted by Crippen LogP contribution is -2.34. The molecule has 0 aliphatic carbocycles. The molecule has 0 amide bonds. The van der Waals surface area contributed by atoms with E-state index in [1.807, 2.05) is 0 Å². The zero-order chi connectivity index (χ0) is 16.2. The van der Waals surface area contributed by atoms with Crippen LogP contribution in [0.25, 0.3) is 0 Å². The van der Waals surface area contributed by atoms with Gasteiger partial charge in [-0.1, -0.05) is 11.6 Å². The monoisotopic (exact) mass is 333 g/mol. The summed E-state index contributed by atoms with van der Waals surface area (Å²) in [6, 6.07) is 4.46. The van der Waals surface area contributed by atoms with E-state index in [1.54, 1.807) is 18.5 Å². The molecule has 0 unspecified atom stereocenters. The Morgan fingerprint density at radius 2 is 2.09 bits per heavy atom. The van der Waals surface area contributed by atoms with Crippen molar-refractivity contribution in [1.82, 2.24) is 14.9 Å². The minimum Gasteiger partial charge on any atom is -0.491 e. The summed E-state index contributed by atoms with van der Waals surface area (Å²) in [5.41, 5.74) is 2.23. The zero-order valence-electron chi connectivity index (χ0n) is 12.4. The Kier molecular flexibility index (Phi) is 4.73. The van der Waals surface area contributed by atoms with Crippen molar-refractivity contribution in [1.29, 1.82) is 0 Å². The van der Waals surface area contributed by atoms with Crippen molar-refractivity contribution in [3.8, 4) is 5.75 Å². The Bertz CT molecular complexity index is 723. The summed E-state index contributed by atoms with van der Waals surface area (Å²) in [4.78, 5) is 21.8. The topological polar surface area (TPSA) is 75.6 Å². The van der Waals surface area contributed by atoms with Gasteiger partial charge in [-0.15, -0.1) is 0 Å². The van der Waals surface area contributed by atoms with Gasteiger partial charge in [0.1, 0.15) is 12.4 Å². The Labute approximate surface area is 138 Å². The average Bonchev–Trinajstić information content (AvgIpc) is 2.56. The summed E-state index contributed by atoms with van der Waals surface area (Å²) in [5, 5.41) is 9.21. The molecule has 0 saturated carbocycles. The molecule has 2 heterocycles. The second-order valence-corrected chi connectivity index (χ2v) is 5.68. The number of carboxylic acid groups (broad SMARTS) is 1. The fourth-order valence-corrected chi connectivity index (χ4v) is 2.75. The van der Waals surface area contributed by atoms with Gasteiger partial charge in [0, 0.05) is 38.4 Å². The van der Waals surface area contributed by atoms with Crippen LogP contribution in [-0.4, -0.2) is 45.6 Å². The fourth-order valence-electron chi connectivity index (χ4n) is 2.52. The standard InChI is InChI=1S/C16H16ClN3O3/c17-12-9-11(16(21)22)1-2-15(12)23-8-7-20-6-3-13-14(10-20)19-5-4-18-13/h1-2,4-5,9H,3,6-8,10H2,(H,21,22). The number of hydrogen-bond donors (Lipinski definition) is 1. The number of aromatic nitrogens is 2. The van der Waals surface area contributed by atoms with Crippen molar-refractivity contribution in [3.05, 3.63) is 52.6 Å². The van der Waals surface area contributed by atoms with Crippen LogP contribution in [0.1, 0.15) is 21.7 Å². The molecule has 6 nitrogen and oxygen atoms in total. The van der Waals surface area contributed by atoms with Gasteiger partial charge in [0.05, 0.1) is 22.0 Å². The maximum Gasteiger partial charge on any atom is 0.335 e. The first-order valence-electron chi connectivity index (χ1n) is 7.30. The number of hydrogen-bond acceptors (Lipinski definition) is 5. The predicted octanol–water partition coefficient (Wildman–Crippen LogP) is 2.27. The number of aromatic carboxylic acids is 1. The molecule has 23 heavy (non-hydrogen) atoms. The third kappa shape index (κ3) is 3.78. The van der Waals surface area contributed by atoms with E-state index in [0.29, 0.717) is 17.4 Å². The highest BCUT2D eigenvalue weighted by Gasteiger charge is 2.17. The average molecular weight is 334 g/mol. The highest BCUT2D eigenvalue weighted by Crippen LogP contribution is 2.25. The van der Waals surface area contributed by atoms with Crippen molar-refractivity contribution in [3.63, 3.8) is 0 Å². The van der Waals surface area contributed by atoms with E-state index >= 15 is 0 Å². The molecule has 120 valence electrons. The second kappa shape index (κ2) is 6.93. The molecule has 1 aromatic carbocycles. The smallest absolute Gasteiger partial charge is 0.335 e. The molecule has 1 aliphatic rings. The Morgan fingerprint density at radius 3 is 2.83 bits per heavy atom. The van der Waals surface area contributed by atoms with Crippen molar-refractivity contribution in [2.75, 3.05) is 19.7 Å². The van der Waals surface area contributed by atoms with Crippen molar-refractivity contribution in [2.45, 2.75) is 13.0 Å². The molecule has 0 fully saturated rings. The third-order valence-corrected chi connectivity index (χ3v) is 4.04. The summed E-state index contributed by atoms with van der Waals surface area (Å²) in [6.45, 7) is 2.90. The Morgan fingerprint density at radius 1 is 1.30 bits per heavy atom. The van der Waals surface area contributed by atoms with Gasteiger partial charge in [0.2, 0.25) is 0 Å². The third-order valence-electron chi connectivity index (χ3n) is 3.74. The van der Waals surface area contributed by atoms with E-state index in [9.17, 15) is 4.79 Å². The number of halogens is 1. The van der Waals surface area contributed by atoms with Gasteiger partial charge in [-0.25, -0.2) is 4.79 Å². The van der Waals surface area contributed by atoms with Crippen LogP contribution in [0.3, 0.4) is 0 Å². The van der Waals surface area contributed by atoms with Gasteiger partial charge in [0.15, 0.2) is 0 Å². The van der Waals surface area contributed by atoms with Gasteiger partial charge < -0.3 is 9.84 Å². The van der Waals surface area contributed by atoms with Crippen molar-refractivity contribution in [2.24, 2.45) is 0 Å². The molecule has 1 aromatic heterocycles. The van der Waals surface area contributed by atoms with Crippen LogP contribution in [0, 0.1) is 0 Å². The molecule has 0 atom stereocenters. The number of rotatable bonds is 5. The van der Waals surface area contributed by atoms with Gasteiger partial charge in [0.25, 0.3) is 0 Å². The second-order valence-electron chi connectivity index (χ2n) is 5.27. The van der Waals surface area contributed by atoms with Crippen LogP contribution in [0.4, 0.5) is 0 Å². The highest BCUT2D eigenvalue weighted by molar-refractivity contribution is 6.32. The van der Waals surface area contributed by atoms with Crippen LogP contribution in [0.2, 0.25) is 5.02 Å². The van der Waals surface area contributed by atoms with Crippen LogP contribution in [-0.2, 0) is 13.0 Å². The molecule has 1 N–H and O–H groups in total. The fraction of sp³-hybridized carbons (Fsp3) is 0.312. The maximum absolute atomic E-state index is 10.9. The molecule has 1 aliphatic heterocycles. The summed E-state index contributed by atoms with van der Waals surface area (Å²) < 4.78 is 5.66. The number of fused-ring (bicyclic) bond motifs is 1. The minimum absolute atomic E-state index is 0.147. The Balaban J connectivity index is 1.53. The molecular formula is C16H16ClN3O3. The number of benzene rings is 1. The number of nitrogens with zero attached hydrogens (tertiary/aromatic N) is 3. The lowest BCUT2D eigenvalue weighted by molar-refractivity contribution is 0.0697. The SMILES string of the molecule is O=C(O)c1ccc(OCCN2CCc3nccnc3C2)c(Cl)c1. The van der Waals surface area contributed by atoms with E-state index in [0.717, 1.165) is 37.4 Å².